The highest BCUT2D eigenvalue weighted by Gasteiger charge is 2.47. The molecule has 0 spiro atoms. The van der Waals surface area contributed by atoms with E-state index in [4.69, 9.17) is 5.73 Å². The number of rotatable bonds is 4. The van der Waals surface area contributed by atoms with Crippen LogP contribution in [0.25, 0.3) is 0 Å². The van der Waals surface area contributed by atoms with Gasteiger partial charge in [-0.15, -0.1) is 0 Å². The van der Waals surface area contributed by atoms with Gasteiger partial charge in [-0.25, -0.2) is 0 Å². The molecule has 1 heterocycles. The van der Waals surface area contributed by atoms with Gasteiger partial charge in [-0.2, -0.15) is 0 Å². The molecular weight excluding hydrogens is 314 g/mol. The summed E-state index contributed by atoms with van der Waals surface area (Å²) in [6.45, 7) is 5.00. The number of nitrogens with two attached hydrogens (primary N) is 1. The lowest BCUT2D eigenvalue weighted by Crippen LogP contribution is -2.58. The van der Waals surface area contributed by atoms with E-state index < -0.39 is 5.91 Å². The van der Waals surface area contributed by atoms with E-state index in [2.05, 4.69) is 16.7 Å². The maximum atomic E-state index is 12.9. The number of carbonyl (C=O) groups excluding carboxylic acids is 2. The van der Waals surface area contributed by atoms with Crippen molar-refractivity contribution in [2.45, 2.75) is 50.6 Å². The van der Waals surface area contributed by atoms with Gasteiger partial charge in [0, 0.05) is 43.2 Å². The first kappa shape index (κ1) is 16.6. The third-order valence-corrected chi connectivity index (χ3v) is 6.27. The molecule has 3 aliphatic rings. The second kappa shape index (κ2) is 6.45. The molecule has 0 aromatic heterocycles. The number of hydrogen-bond acceptors (Lipinski definition) is 3. The molecule has 2 aliphatic carbocycles. The van der Waals surface area contributed by atoms with Crippen LogP contribution in [0.2, 0.25) is 0 Å². The second-order valence-electron chi connectivity index (χ2n) is 7.89. The zero-order valence-electron chi connectivity index (χ0n) is 14.9. The molecule has 3 unspecified atom stereocenters. The van der Waals surface area contributed by atoms with Crippen molar-refractivity contribution in [2.24, 2.45) is 11.7 Å². The van der Waals surface area contributed by atoms with Gasteiger partial charge in [0.05, 0.1) is 0 Å². The molecule has 0 radical (unpaired) electrons. The number of amides is 2. The molecule has 2 N–H and O–H groups in total. The molecule has 1 aliphatic heterocycles. The average Bonchev–Trinajstić information content (AvgIpc) is 3.35. The fourth-order valence-corrected chi connectivity index (χ4v) is 4.40. The molecule has 25 heavy (non-hydrogen) atoms. The molecule has 2 saturated carbocycles. The van der Waals surface area contributed by atoms with E-state index in [9.17, 15) is 9.59 Å². The van der Waals surface area contributed by atoms with Crippen LogP contribution in [-0.2, 0) is 4.79 Å². The predicted octanol–water partition coefficient (Wildman–Crippen LogP) is 1.97. The van der Waals surface area contributed by atoms with E-state index in [-0.39, 0.29) is 5.92 Å². The number of benzene rings is 1. The first-order valence-corrected chi connectivity index (χ1v) is 9.49. The number of nitrogens with zero attached hydrogens (tertiary/aromatic N) is 2. The van der Waals surface area contributed by atoms with Crippen molar-refractivity contribution in [1.29, 1.82) is 0 Å². The van der Waals surface area contributed by atoms with E-state index in [0.29, 0.717) is 23.4 Å². The van der Waals surface area contributed by atoms with Gasteiger partial charge >= 0.3 is 0 Å². The molecule has 5 nitrogen and oxygen atoms in total. The van der Waals surface area contributed by atoms with E-state index in [1.54, 1.807) is 12.1 Å². The summed E-state index contributed by atoms with van der Waals surface area (Å²) < 4.78 is 0. The van der Waals surface area contributed by atoms with Crippen molar-refractivity contribution in [1.82, 2.24) is 9.80 Å². The van der Waals surface area contributed by atoms with Gasteiger partial charge in [0.25, 0.3) is 0 Å². The molecule has 4 rings (SSSR count). The summed E-state index contributed by atoms with van der Waals surface area (Å²) >= 11 is 0. The van der Waals surface area contributed by atoms with E-state index in [1.165, 1.54) is 19.3 Å². The quantitative estimate of drug-likeness (QED) is 0.910. The fraction of sp³-hybridized carbons (Fsp3) is 0.600. The molecule has 2 amide bonds. The van der Waals surface area contributed by atoms with Crippen molar-refractivity contribution < 1.29 is 9.59 Å². The normalized spacial score (nSPS) is 30.0. The molecule has 1 aromatic rings. The average molecular weight is 341 g/mol. The van der Waals surface area contributed by atoms with Gasteiger partial charge in [0.2, 0.25) is 11.8 Å². The van der Waals surface area contributed by atoms with Gasteiger partial charge in [-0.05, 0) is 49.8 Å². The number of carbonyl (C=O) groups is 2. The van der Waals surface area contributed by atoms with Crippen LogP contribution in [0, 0.1) is 5.92 Å². The smallest absolute Gasteiger partial charge is 0.248 e. The molecule has 1 saturated heterocycles. The van der Waals surface area contributed by atoms with Gasteiger partial charge in [0.1, 0.15) is 0 Å². The Bertz CT molecular complexity index is 668. The Morgan fingerprint density at radius 1 is 1.12 bits per heavy atom. The van der Waals surface area contributed by atoms with E-state index in [1.807, 2.05) is 12.1 Å². The Kier molecular flexibility index (Phi) is 4.28. The summed E-state index contributed by atoms with van der Waals surface area (Å²) in [6, 6.07) is 8.62. The minimum Gasteiger partial charge on any atom is -0.366 e. The Labute approximate surface area is 149 Å². The number of piperazine rings is 1. The van der Waals surface area contributed by atoms with Crippen LogP contribution >= 0.6 is 0 Å². The Hall–Kier alpha value is -1.88. The fourth-order valence-electron chi connectivity index (χ4n) is 4.40. The lowest BCUT2D eigenvalue weighted by molar-refractivity contribution is -0.136. The van der Waals surface area contributed by atoms with Crippen LogP contribution in [0.5, 0.6) is 0 Å². The van der Waals surface area contributed by atoms with Crippen molar-refractivity contribution in [3.63, 3.8) is 0 Å². The molecule has 134 valence electrons. The molecule has 3 atom stereocenters. The van der Waals surface area contributed by atoms with Crippen LogP contribution in [-0.4, -0.2) is 53.3 Å². The lowest BCUT2D eigenvalue weighted by Gasteiger charge is -2.47. The predicted molar refractivity (Wildman–Crippen MR) is 96.2 cm³/mol. The standard InChI is InChI=1S/C20H27N3O2/c1-13-12-22(9-10-23(13)16-3-2-4-16)20(25)18-11-17(18)14-5-7-15(8-6-14)19(21)24/h5-8,13,16-18H,2-4,9-12H2,1H3,(H2,21,24). The van der Waals surface area contributed by atoms with Crippen LogP contribution in [0.3, 0.4) is 0 Å². The topological polar surface area (TPSA) is 66.6 Å². The van der Waals surface area contributed by atoms with Crippen molar-refractivity contribution >= 4 is 11.8 Å². The second-order valence-corrected chi connectivity index (χ2v) is 7.89. The molecule has 5 heteroatoms. The summed E-state index contributed by atoms with van der Waals surface area (Å²) in [6.07, 6.45) is 4.93. The highest BCUT2D eigenvalue weighted by molar-refractivity contribution is 5.92. The largest absolute Gasteiger partial charge is 0.366 e. The zero-order valence-corrected chi connectivity index (χ0v) is 14.9. The number of primary amides is 1. The van der Waals surface area contributed by atoms with Crippen LogP contribution in [0.4, 0.5) is 0 Å². The van der Waals surface area contributed by atoms with E-state index in [0.717, 1.165) is 37.7 Å². The highest BCUT2D eigenvalue weighted by Crippen LogP contribution is 2.48. The van der Waals surface area contributed by atoms with Crippen molar-refractivity contribution in [2.75, 3.05) is 19.6 Å². The number of hydrogen-bond donors (Lipinski definition) is 1. The molecule has 1 aromatic carbocycles. The summed E-state index contributed by atoms with van der Waals surface area (Å²) in [7, 11) is 0. The third kappa shape index (κ3) is 3.17. The van der Waals surface area contributed by atoms with Gasteiger partial charge in [-0.1, -0.05) is 18.6 Å². The highest BCUT2D eigenvalue weighted by atomic mass is 16.2. The van der Waals surface area contributed by atoms with Crippen LogP contribution in [0.15, 0.2) is 24.3 Å². The maximum absolute atomic E-state index is 12.9. The molecule has 0 bridgehead atoms. The van der Waals surface area contributed by atoms with Crippen LogP contribution in [0.1, 0.15) is 54.4 Å². The third-order valence-electron chi connectivity index (χ3n) is 6.27. The van der Waals surface area contributed by atoms with Gasteiger partial charge in [0.15, 0.2) is 0 Å². The van der Waals surface area contributed by atoms with Gasteiger partial charge < -0.3 is 10.6 Å². The summed E-state index contributed by atoms with van der Waals surface area (Å²) in [5.41, 5.74) is 6.95. The monoisotopic (exact) mass is 341 g/mol. The summed E-state index contributed by atoms with van der Waals surface area (Å²) in [5, 5.41) is 0. The first-order chi connectivity index (χ1) is 12.0. The van der Waals surface area contributed by atoms with Crippen molar-refractivity contribution in [3.05, 3.63) is 35.4 Å². The first-order valence-electron chi connectivity index (χ1n) is 9.49. The maximum Gasteiger partial charge on any atom is 0.248 e. The Balaban J connectivity index is 1.34. The Morgan fingerprint density at radius 3 is 2.40 bits per heavy atom. The minimum absolute atomic E-state index is 0.113. The molecule has 3 fully saturated rings. The zero-order chi connectivity index (χ0) is 17.6. The minimum atomic E-state index is -0.409. The van der Waals surface area contributed by atoms with Gasteiger partial charge in [-0.3, -0.25) is 14.5 Å². The Morgan fingerprint density at radius 2 is 1.84 bits per heavy atom. The summed E-state index contributed by atoms with van der Waals surface area (Å²) in [4.78, 5) is 28.7. The van der Waals surface area contributed by atoms with E-state index >= 15 is 0 Å². The SMILES string of the molecule is CC1CN(C(=O)C2CC2c2ccc(C(N)=O)cc2)CCN1C1CCC1. The van der Waals surface area contributed by atoms with Crippen LogP contribution < -0.4 is 5.73 Å². The van der Waals surface area contributed by atoms with Crippen molar-refractivity contribution in [3.8, 4) is 0 Å². The lowest BCUT2D eigenvalue weighted by atomic mass is 9.89. The molecular formula is C20H27N3O2. The summed E-state index contributed by atoms with van der Waals surface area (Å²) in [5.74, 6) is 0.314.